The van der Waals surface area contributed by atoms with Crippen LogP contribution in [-0.4, -0.2) is 260 Å². The van der Waals surface area contributed by atoms with Crippen LogP contribution in [0.25, 0.3) is 0 Å². The summed E-state index contributed by atoms with van der Waals surface area (Å²) in [7, 11) is 19.6. The third kappa shape index (κ3) is 61.1. The van der Waals surface area contributed by atoms with Crippen molar-refractivity contribution < 1.29 is 117 Å². The molecule has 0 saturated carbocycles. The number of rotatable bonds is 46. The van der Waals surface area contributed by atoms with Crippen LogP contribution in [0.2, 0.25) is 0 Å². The van der Waals surface area contributed by atoms with Crippen LogP contribution in [0.1, 0.15) is 12.8 Å². The fraction of sp³-hybridized carbons (Fsp3) is 0.857. The molecule has 0 aromatic carbocycles. The molecule has 0 radical (unpaired) electrons. The molecule has 24 nitrogen and oxygen atoms in total. The third-order valence-corrected chi connectivity index (χ3v) is 7.73. The summed E-state index contributed by atoms with van der Waals surface area (Å²) in [5.41, 5.74) is -1.07. The van der Waals surface area contributed by atoms with E-state index in [1.807, 2.05) is 0 Å². The van der Waals surface area contributed by atoms with Crippen molar-refractivity contribution in [3.8, 4) is 0 Å². The van der Waals surface area contributed by atoms with E-state index in [0.717, 1.165) is 0 Å². The van der Waals surface area contributed by atoms with Crippen molar-refractivity contribution in [1.29, 1.82) is 0 Å². The predicted octanol–water partition coefficient (Wildman–Crippen LogP) is -2.92. The van der Waals surface area contributed by atoms with Crippen molar-refractivity contribution in [2.45, 2.75) is 37.3 Å². The second-order valence-corrected chi connectivity index (χ2v) is 14.2. The smallest absolute Gasteiger partial charge is 0.101 e. The quantitative estimate of drug-likeness (QED) is 0.0216. The third-order valence-electron chi connectivity index (χ3n) is 7.73. The molecule has 4 unspecified atom stereocenters. The Morgan fingerprint density at radius 2 is 0.472 bits per heavy atom. The molecule has 30 heteroatoms. The zero-order valence-electron chi connectivity index (χ0n) is 43.2. The van der Waals surface area contributed by atoms with Crippen molar-refractivity contribution in [3.63, 3.8) is 0 Å². The molecular weight excluding hydrogens is 2490 g/mol. The standard InChI is InChI=1S/2C11H22O6.2C10H21O6.6Rf/c2*1-14-7-11(8-15-2,9-16-5-3-12)10-17-6-4-13;2*1-14-6-9(12)2-4-15-7-10(13)8-16-5-3-11;;;;;;/h2*12-13H,1-10H2;2*9-13H,1-8H2;;;;;;/q2*-2;2*-1;;;;;;. The van der Waals surface area contributed by atoms with Gasteiger partial charge < -0.3 is 117 Å². The second-order valence-electron chi connectivity index (χ2n) is 14.2. The van der Waals surface area contributed by atoms with Gasteiger partial charge in [-0.25, -0.2) is 42.7 Å². The number of aliphatic hydroxyl groups is 10. The van der Waals surface area contributed by atoms with Gasteiger partial charge in [-0.05, 0) is 12.8 Å². The summed E-state index contributed by atoms with van der Waals surface area (Å²) in [4.78, 5) is 0. The van der Waals surface area contributed by atoms with Gasteiger partial charge in [-0.1, -0.05) is 0 Å². The van der Waals surface area contributed by atoms with Crippen LogP contribution >= 0.6 is 0 Å². The molecular formula is C42H86O24Rf6-6. The Bertz CT molecular complexity index is 812. The average Bonchev–Trinajstić information content (AvgIpc) is 3.28. The van der Waals surface area contributed by atoms with Crippen molar-refractivity contribution in [1.82, 2.24) is 0 Å². The van der Waals surface area contributed by atoms with Gasteiger partial charge >= 0.3 is 0 Å². The molecule has 0 aliphatic carbocycles. The van der Waals surface area contributed by atoms with Gasteiger partial charge in [-0.15, -0.1) is 0 Å². The first-order valence-corrected chi connectivity index (χ1v) is 21.1. The van der Waals surface area contributed by atoms with Gasteiger partial charge in [0.05, 0.1) is 155 Å². The minimum absolute atomic E-state index is 0. The first-order valence-electron chi connectivity index (χ1n) is 21.1. The van der Waals surface area contributed by atoms with E-state index in [1.54, 1.807) is 0 Å². The molecule has 72 heavy (non-hydrogen) atoms. The summed E-state index contributed by atoms with van der Waals surface area (Å²) in [5, 5.41) is 88.6. The maximum absolute atomic E-state index is 9.32. The summed E-state index contributed by atoms with van der Waals surface area (Å²) in [6.07, 6.45) is -1.76. The molecule has 0 heterocycles. The second kappa shape index (κ2) is 68.3. The maximum Gasteiger partial charge on any atom is 0.101 e. The molecule has 0 bridgehead atoms. The van der Waals surface area contributed by atoms with Crippen LogP contribution in [0.3, 0.4) is 0 Å². The maximum atomic E-state index is 9.32. The van der Waals surface area contributed by atoms with Gasteiger partial charge in [0.2, 0.25) is 0 Å². The fourth-order valence-corrected chi connectivity index (χ4v) is 4.76. The minimum Gasteiger partial charge on any atom is -0.554 e. The van der Waals surface area contributed by atoms with E-state index in [9.17, 15) is 20.4 Å². The number of hydrogen-bond acceptors (Lipinski definition) is 24. The number of aliphatic hydroxyl groups excluding tert-OH is 10. The Balaban J connectivity index is -0.0000000866. The summed E-state index contributed by atoms with van der Waals surface area (Å²) in [6.45, 7) is 4.85. The Hall–Kier alpha value is -6.96. The van der Waals surface area contributed by atoms with Crippen molar-refractivity contribution in [2.75, 3.05) is 185 Å². The van der Waals surface area contributed by atoms with Crippen LogP contribution in [0.15, 0.2) is 0 Å². The Kier molecular flexibility index (Phi) is 83.5. The monoisotopic (exact) mass is 2580 g/mol. The molecule has 0 aromatic heterocycles. The molecule has 0 saturated heterocycles. The molecule has 0 aliphatic heterocycles. The van der Waals surface area contributed by atoms with E-state index >= 15 is 0 Å². The van der Waals surface area contributed by atoms with Gasteiger partial charge in [0.1, 0.15) is 12.2 Å². The van der Waals surface area contributed by atoms with Crippen LogP contribution in [0.5, 0.6) is 0 Å². The van der Waals surface area contributed by atoms with Crippen LogP contribution in [-0.2, 0) is 66.3 Å². The molecule has 0 aliphatic rings. The van der Waals surface area contributed by atoms with E-state index in [4.69, 9.17) is 87.5 Å². The van der Waals surface area contributed by atoms with E-state index in [2.05, 4.69) is 52.1 Å². The van der Waals surface area contributed by atoms with Crippen molar-refractivity contribution in [2.24, 2.45) is 10.8 Å². The van der Waals surface area contributed by atoms with Crippen LogP contribution in [0.4, 0.5) is 0 Å². The Morgan fingerprint density at radius 1 is 0.264 bits per heavy atom. The van der Waals surface area contributed by atoms with Crippen LogP contribution in [0, 0.1) is 53.5 Å². The average molecular weight is 2580 g/mol. The number of hydrogen-bond donors (Lipinski definition) is 10. The van der Waals surface area contributed by atoms with E-state index in [0.29, 0.717) is 52.5 Å². The molecule has 0 aromatic rings. The molecule has 416 valence electrons. The Labute approximate surface area is 392 Å². The zero-order chi connectivity index (χ0) is 50.4. The summed E-state index contributed by atoms with van der Waals surface area (Å²) in [5.74, 6) is 0. The van der Waals surface area contributed by atoms with E-state index < -0.39 is 35.2 Å². The summed E-state index contributed by atoms with van der Waals surface area (Å²) < 4.78 is 69.7. The fourth-order valence-electron chi connectivity index (χ4n) is 4.76. The molecule has 0 spiro atoms. The summed E-state index contributed by atoms with van der Waals surface area (Å²) in [6, 6.07) is 0. The molecule has 0 fully saturated rings. The van der Waals surface area contributed by atoms with E-state index in [1.165, 1.54) is 0 Å². The Morgan fingerprint density at radius 3 is 0.667 bits per heavy atom. The normalized spacial score (nSPS) is 12.3. The van der Waals surface area contributed by atoms with Crippen molar-refractivity contribution in [3.05, 3.63) is 42.7 Å². The van der Waals surface area contributed by atoms with Gasteiger partial charge in [-0.2, -0.15) is 0 Å². The molecule has 0 rings (SSSR count). The summed E-state index contributed by atoms with van der Waals surface area (Å²) >= 11 is 0. The van der Waals surface area contributed by atoms with Gasteiger partial charge in [-0.3, -0.25) is 0 Å². The molecule has 4 atom stereocenters. The van der Waals surface area contributed by atoms with Gasteiger partial charge in [0, 0.05) is 52.9 Å². The number of ether oxygens (including phenoxy) is 14. The minimum atomic E-state index is -0.715. The zero-order valence-corrected chi connectivity index (χ0v) is 81.6. The topological polar surface area (TPSA) is 332 Å². The van der Waals surface area contributed by atoms with Crippen LogP contribution < -0.4 is 0 Å². The first kappa shape index (κ1) is 88.0. The molecule has 0 amide bonds. The largest absolute Gasteiger partial charge is 0.554 e. The predicted molar refractivity (Wildman–Crippen MR) is 235 cm³/mol. The van der Waals surface area contributed by atoms with Crippen molar-refractivity contribution >= 4 is 0 Å². The first-order chi connectivity index (χ1) is 31.9. The van der Waals surface area contributed by atoms with Gasteiger partial charge in [0.25, 0.3) is 0 Å². The molecule has 10 N–H and O–H groups in total. The SMILES string of the molecule is [CH2-]OCC(CO[CH2-])(COCCO)COCCO.[CH2-]OCC(CO[CH2-])(COCCO)COCCO.[CH2-]OCC(O)CCOCC(O)COCCO.[CH2-]OCC(O)CCOCC(O)COCCO.[Rf].[Rf].[Rf].[Rf].[Rf].[Rf]. The van der Waals surface area contributed by atoms with Gasteiger partial charge in [0.15, 0.2) is 0 Å². The van der Waals surface area contributed by atoms with E-state index in [-0.39, 0.29) is 145 Å².